The molecule has 96 valence electrons. The molecule has 1 rings (SSSR count). The van der Waals surface area contributed by atoms with Crippen molar-refractivity contribution in [3.05, 3.63) is 0 Å². The molecule has 1 saturated carbocycles. The molecule has 0 aromatic rings. The molecular weight excluding hydrogens is 198 g/mol. The lowest BCUT2D eigenvalue weighted by atomic mass is 9.89. The highest BCUT2D eigenvalue weighted by molar-refractivity contribution is 4.84. The lowest BCUT2D eigenvalue weighted by Gasteiger charge is -2.39. The maximum absolute atomic E-state index is 10.4. The standard InChI is InChI=1S/C14H29NO/c1-5-15(11-14(4,16)12(2)3)13-9-7-6-8-10-13/h12-13,16H,5-11H2,1-4H3. The van der Waals surface area contributed by atoms with Crippen LogP contribution in [0.4, 0.5) is 0 Å². The molecule has 1 fully saturated rings. The van der Waals surface area contributed by atoms with Crippen molar-refractivity contribution in [3.8, 4) is 0 Å². The summed E-state index contributed by atoms with van der Waals surface area (Å²) in [6.45, 7) is 10.3. The second kappa shape index (κ2) is 6.02. The molecule has 1 aliphatic carbocycles. The van der Waals surface area contributed by atoms with Crippen molar-refractivity contribution in [1.82, 2.24) is 4.90 Å². The number of likely N-dealkylation sites (N-methyl/N-ethyl adjacent to an activating group) is 1. The van der Waals surface area contributed by atoms with Gasteiger partial charge in [-0.2, -0.15) is 0 Å². The maximum atomic E-state index is 10.4. The maximum Gasteiger partial charge on any atom is 0.0768 e. The van der Waals surface area contributed by atoms with Gasteiger partial charge in [0.05, 0.1) is 5.60 Å². The van der Waals surface area contributed by atoms with E-state index in [0.717, 1.165) is 13.1 Å². The Morgan fingerprint density at radius 1 is 1.25 bits per heavy atom. The zero-order valence-electron chi connectivity index (χ0n) is 11.5. The van der Waals surface area contributed by atoms with Crippen LogP contribution in [0, 0.1) is 5.92 Å². The van der Waals surface area contributed by atoms with E-state index in [1.807, 2.05) is 6.92 Å². The van der Waals surface area contributed by atoms with Gasteiger partial charge in [-0.25, -0.2) is 0 Å². The summed E-state index contributed by atoms with van der Waals surface area (Å²) < 4.78 is 0. The van der Waals surface area contributed by atoms with Crippen LogP contribution in [0.2, 0.25) is 0 Å². The van der Waals surface area contributed by atoms with E-state index in [0.29, 0.717) is 12.0 Å². The summed E-state index contributed by atoms with van der Waals surface area (Å²) in [4.78, 5) is 2.49. The number of rotatable bonds is 5. The van der Waals surface area contributed by atoms with E-state index in [4.69, 9.17) is 0 Å². The topological polar surface area (TPSA) is 23.5 Å². The Morgan fingerprint density at radius 2 is 1.81 bits per heavy atom. The highest BCUT2D eigenvalue weighted by Crippen LogP contribution is 2.25. The molecule has 0 radical (unpaired) electrons. The van der Waals surface area contributed by atoms with Crippen molar-refractivity contribution < 1.29 is 5.11 Å². The second-order valence-electron chi connectivity index (χ2n) is 5.87. The first-order valence-electron chi connectivity index (χ1n) is 6.93. The molecule has 0 bridgehead atoms. The molecule has 2 nitrogen and oxygen atoms in total. The van der Waals surface area contributed by atoms with Crippen molar-refractivity contribution in [2.75, 3.05) is 13.1 Å². The number of hydrogen-bond acceptors (Lipinski definition) is 2. The quantitative estimate of drug-likeness (QED) is 0.780. The Kier molecular flexibility index (Phi) is 5.26. The van der Waals surface area contributed by atoms with Crippen molar-refractivity contribution in [1.29, 1.82) is 0 Å². The summed E-state index contributed by atoms with van der Waals surface area (Å²) >= 11 is 0. The first-order valence-corrected chi connectivity index (χ1v) is 6.93. The summed E-state index contributed by atoms with van der Waals surface area (Å²) in [7, 11) is 0. The number of hydrogen-bond donors (Lipinski definition) is 1. The van der Waals surface area contributed by atoms with Gasteiger partial charge in [0.25, 0.3) is 0 Å². The van der Waals surface area contributed by atoms with Crippen LogP contribution in [0.5, 0.6) is 0 Å². The molecule has 0 aromatic heterocycles. The minimum atomic E-state index is -0.548. The predicted octanol–water partition coefficient (Wildman–Crippen LogP) is 3.05. The Morgan fingerprint density at radius 3 is 2.25 bits per heavy atom. The van der Waals surface area contributed by atoms with Gasteiger partial charge in [0.1, 0.15) is 0 Å². The van der Waals surface area contributed by atoms with Crippen LogP contribution in [-0.4, -0.2) is 34.7 Å². The normalized spacial score (nSPS) is 22.7. The van der Waals surface area contributed by atoms with E-state index >= 15 is 0 Å². The molecule has 1 atom stereocenters. The molecule has 0 aliphatic heterocycles. The fourth-order valence-electron chi connectivity index (χ4n) is 2.54. The van der Waals surface area contributed by atoms with Crippen LogP contribution in [0.15, 0.2) is 0 Å². The largest absolute Gasteiger partial charge is 0.389 e. The fraction of sp³-hybridized carbons (Fsp3) is 1.00. The van der Waals surface area contributed by atoms with Gasteiger partial charge >= 0.3 is 0 Å². The van der Waals surface area contributed by atoms with Crippen molar-refractivity contribution in [2.24, 2.45) is 5.92 Å². The predicted molar refractivity (Wildman–Crippen MR) is 69.6 cm³/mol. The van der Waals surface area contributed by atoms with E-state index in [1.165, 1.54) is 32.1 Å². The molecule has 2 heteroatoms. The van der Waals surface area contributed by atoms with Gasteiger partial charge in [0, 0.05) is 12.6 Å². The SMILES string of the molecule is CCN(CC(C)(O)C(C)C)C1CCCCC1. The monoisotopic (exact) mass is 227 g/mol. The van der Waals surface area contributed by atoms with Crippen LogP contribution >= 0.6 is 0 Å². The summed E-state index contributed by atoms with van der Waals surface area (Å²) in [5.74, 6) is 0.324. The van der Waals surface area contributed by atoms with Gasteiger partial charge in [0.2, 0.25) is 0 Å². The minimum absolute atomic E-state index is 0.324. The van der Waals surface area contributed by atoms with Gasteiger partial charge in [-0.05, 0) is 32.2 Å². The molecule has 0 spiro atoms. The van der Waals surface area contributed by atoms with E-state index < -0.39 is 5.60 Å². The van der Waals surface area contributed by atoms with E-state index in [1.54, 1.807) is 0 Å². The Labute approximate surface area is 101 Å². The highest BCUT2D eigenvalue weighted by Gasteiger charge is 2.30. The van der Waals surface area contributed by atoms with Crippen LogP contribution < -0.4 is 0 Å². The summed E-state index contributed by atoms with van der Waals surface area (Å²) in [5, 5.41) is 10.4. The first-order chi connectivity index (χ1) is 7.47. The summed E-state index contributed by atoms with van der Waals surface area (Å²) in [6.07, 6.45) is 6.77. The molecule has 16 heavy (non-hydrogen) atoms. The minimum Gasteiger partial charge on any atom is -0.389 e. The molecule has 0 saturated heterocycles. The summed E-state index contributed by atoms with van der Waals surface area (Å²) in [6, 6.07) is 0.712. The Hall–Kier alpha value is -0.0800. The highest BCUT2D eigenvalue weighted by atomic mass is 16.3. The van der Waals surface area contributed by atoms with E-state index in [9.17, 15) is 5.11 Å². The van der Waals surface area contributed by atoms with Gasteiger partial charge < -0.3 is 5.11 Å². The van der Waals surface area contributed by atoms with Gasteiger partial charge in [-0.3, -0.25) is 4.90 Å². The number of aliphatic hydroxyl groups is 1. The average Bonchev–Trinajstić information content (AvgIpc) is 2.27. The number of nitrogens with zero attached hydrogens (tertiary/aromatic N) is 1. The third-order valence-corrected chi connectivity index (χ3v) is 4.26. The van der Waals surface area contributed by atoms with Gasteiger partial charge in [0.15, 0.2) is 0 Å². The van der Waals surface area contributed by atoms with Crippen molar-refractivity contribution in [2.45, 2.75) is 71.4 Å². The lowest BCUT2D eigenvalue weighted by molar-refractivity contribution is -0.0317. The zero-order chi connectivity index (χ0) is 12.2. The first kappa shape index (κ1) is 14.0. The fourth-order valence-corrected chi connectivity index (χ4v) is 2.54. The zero-order valence-corrected chi connectivity index (χ0v) is 11.5. The van der Waals surface area contributed by atoms with Crippen LogP contribution in [0.25, 0.3) is 0 Å². The van der Waals surface area contributed by atoms with Crippen LogP contribution in [0.1, 0.15) is 59.8 Å². The molecule has 0 aromatic carbocycles. The third kappa shape index (κ3) is 3.74. The van der Waals surface area contributed by atoms with Gasteiger partial charge in [-0.1, -0.05) is 40.0 Å². The Balaban J connectivity index is 2.53. The van der Waals surface area contributed by atoms with E-state index in [-0.39, 0.29) is 0 Å². The molecular formula is C14H29NO. The van der Waals surface area contributed by atoms with Gasteiger partial charge in [-0.15, -0.1) is 0 Å². The molecule has 0 amide bonds. The smallest absolute Gasteiger partial charge is 0.0768 e. The summed E-state index contributed by atoms with van der Waals surface area (Å²) in [5.41, 5.74) is -0.548. The lowest BCUT2D eigenvalue weighted by Crippen LogP contribution is -2.48. The van der Waals surface area contributed by atoms with Crippen molar-refractivity contribution in [3.63, 3.8) is 0 Å². The second-order valence-corrected chi connectivity index (χ2v) is 5.87. The van der Waals surface area contributed by atoms with Crippen LogP contribution in [-0.2, 0) is 0 Å². The molecule has 1 aliphatic rings. The third-order valence-electron chi connectivity index (χ3n) is 4.26. The van der Waals surface area contributed by atoms with E-state index in [2.05, 4.69) is 25.7 Å². The molecule has 1 unspecified atom stereocenters. The van der Waals surface area contributed by atoms with Crippen LogP contribution in [0.3, 0.4) is 0 Å². The Bertz CT molecular complexity index is 195. The molecule has 0 heterocycles. The average molecular weight is 227 g/mol. The van der Waals surface area contributed by atoms with Crippen molar-refractivity contribution >= 4 is 0 Å². The molecule has 1 N–H and O–H groups in total.